The molecular weight excluding hydrogens is 1200 g/mol. The molecule has 0 bridgehead atoms. The maximum absolute atomic E-state index is 4.08. The van der Waals surface area contributed by atoms with Gasteiger partial charge < -0.3 is 0 Å². The molecule has 0 fully saturated rings. The van der Waals surface area contributed by atoms with Crippen molar-refractivity contribution in [2.45, 2.75) is 144 Å². The predicted octanol–water partition coefficient (Wildman–Crippen LogP) is 25.7. The maximum atomic E-state index is 4.08. The van der Waals surface area contributed by atoms with Gasteiger partial charge in [0.05, 0.1) is 0 Å². The van der Waals surface area contributed by atoms with E-state index in [1.54, 1.807) is 0 Å². The van der Waals surface area contributed by atoms with E-state index >= 15 is 0 Å². The molecule has 0 unspecified atom stereocenters. The zero-order chi connectivity index (χ0) is 71.8. The average Bonchev–Trinajstić information content (AvgIpc) is 1.32. The SMILES string of the molecule is Cc1ccc(C)cc1.Cc1ccc(C)nc1.Cc1ccc2c(c1)-c1cc(C)ccc1C2(C)C.Cc1ccc2c(c1)c1ccccc1c1ccc(C)cc12.Cc1cccc(-c2cccc(C)c2)c1.Cc1cccc(C)c1.Cc1ccccc1C.Cc1cnc(C)nc1.Cc1cncc(C)c1. The van der Waals surface area contributed by atoms with Gasteiger partial charge in [-0.1, -0.05) is 300 Å². The molecule has 0 saturated heterocycles. The fourth-order valence-corrected chi connectivity index (χ4v) is 11.6. The second-order valence-corrected chi connectivity index (χ2v) is 27.3. The first-order valence-corrected chi connectivity index (χ1v) is 34.5. The topological polar surface area (TPSA) is 51.6 Å². The van der Waals surface area contributed by atoms with Gasteiger partial charge in [0.25, 0.3) is 0 Å². The highest BCUT2D eigenvalue weighted by molar-refractivity contribution is 6.25. The van der Waals surface area contributed by atoms with Gasteiger partial charge in [-0.25, -0.2) is 9.97 Å². The molecule has 11 aromatic carbocycles. The van der Waals surface area contributed by atoms with Crippen LogP contribution in [0.3, 0.4) is 0 Å². The predicted molar refractivity (Wildman–Crippen MR) is 430 cm³/mol. The summed E-state index contributed by atoms with van der Waals surface area (Å²) >= 11 is 0. The third kappa shape index (κ3) is 23.4. The van der Waals surface area contributed by atoms with E-state index in [1.165, 1.54) is 149 Å². The molecule has 504 valence electrons. The molecule has 3 aromatic heterocycles. The van der Waals surface area contributed by atoms with Crippen molar-refractivity contribution < 1.29 is 0 Å². The number of hydrogen-bond acceptors (Lipinski definition) is 4. The van der Waals surface area contributed by atoms with Crippen molar-refractivity contribution in [3.05, 3.63) is 379 Å². The van der Waals surface area contributed by atoms with E-state index in [2.05, 4.69) is 347 Å². The summed E-state index contributed by atoms with van der Waals surface area (Å²) in [7, 11) is 0. The van der Waals surface area contributed by atoms with Crippen LogP contribution in [0.4, 0.5) is 0 Å². The Hall–Kier alpha value is -10.4. The molecule has 3 heterocycles. The number of nitrogens with zero attached hydrogens (tertiary/aromatic N) is 4. The van der Waals surface area contributed by atoms with Crippen LogP contribution in [0.25, 0.3) is 54.6 Å². The Morgan fingerprint density at radius 3 is 0.919 bits per heavy atom. The van der Waals surface area contributed by atoms with E-state index in [0.717, 1.165) is 17.1 Å². The average molecular weight is 1300 g/mol. The van der Waals surface area contributed by atoms with Crippen LogP contribution in [-0.2, 0) is 5.41 Å². The van der Waals surface area contributed by atoms with E-state index < -0.39 is 0 Å². The van der Waals surface area contributed by atoms with Gasteiger partial charge in [0, 0.05) is 42.1 Å². The molecule has 0 amide bonds. The summed E-state index contributed by atoms with van der Waals surface area (Å²) in [6, 6.07) is 84.6. The summed E-state index contributed by atoms with van der Waals surface area (Å²) in [5, 5.41) is 8.12. The molecule has 1 aliphatic carbocycles. The van der Waals surface area contributed by atoms with Crippen molar-refractivity contribution in [1.29, 1.82) is 0 Å². The number of hydrogen-bond donors (Lipinski definition) is 0. The Morgan fingerprint density at radius 2 is 0.556 bits per heavy atom. The van der Waals surface area contributed by atoms with Crippen LogP contribution in [0, 0.1) is 125 Å². The van der Waals surface area contributed by atoms with Crippen LogP contribution < -0.4 is 0 Å². The largest absolute Gasteiger partial charge is 0.264 e. The highest BCUT2D eigenvalue weighted by Crippen LogP contribution is 2.49. The van der Waals surface area contributed by atoms with E-state index in [-0.39, 0.29) is 5.41 Å². The fraction of sp³-hybridized carbons (Fsp3) is 0.221. The molecular formula is C95H104N4. The van der Waals surface area contributed by atoms with Crippen molar-refractivity contribution >= 4 is 32.3 Å². The quantitative estimate of drug-likeness (QED) is 0.154. The second-order valence-electron chi connectivity index (χ2n) is 27.3. The van der Waals surface area contributed by atoms with Crippen molar-refractivity contribution in [3.8, 4) is 22.3 Å². The van der Waals surface area contributed by atoms with Gasteiger partial charge in [0.2, 0.25) is 0 Å². The molecule has 14 aromatic rings. The van der Waals surface area contributed by atoms with Gasteiger partial charge >= 0.3 is 0 Å². The van der Waals surface area contributed by atoms with Crippen molar-refractivity contribution in [2.75, 3.05) is 0 Å². The van der Waals surface area contributed by atoms with Crippen LogP contribution in [0.5, 0.6) is 0 Å². The Balaban J connectivity index is 0.000000161. The van der Waals surface area contributed by atoms with E-state index in [4.69, 9.17) is 0 Å². The Morgan fingerprint density at radius 1 is 0.222 bits per heavy atom. The zero-order valence-electron chi connectivity index (χ0n) is 62.7. The summed E-state index contributed by atoms with van der Waals surface area (Å²) < 4.78 is 0. The fourth-order valence-electron chi connectivity index (χ4n) is 11.6. The van der Waals surface area contributed by atoms with E-state index in [0.29, 0.717) is 0 Å². The number of aryl methyl sites for hydroxylation is 18. The summed E-state index contributed by atoms with van der Waals surface area (Å²) in [6.45, 7) is 42.1. The molecule has 0 spiro atoms. The summed E-state index contributed by atoms with van der Waals surface area (Å²) in [5.74, 6) is 0.829. The molecule has 0 aliphatic heterocycles. The lowest BCUT2D eigenvalue weighted by Gasteiger charge is -2.21. The monoisotopic (exact) mass is 1300 g/mol. The summed E-state index contributed by atoms with van der Waals surface area (Å²) in [6.07, 6.45) is 9.19. The van der Waals surface area contributed by atoms with Gasteiger partial charge in [-0.3, -0.25) is 9.97 Å². The smallest absolute Gasteiger partial charge is 0.125 e. The Labute approximate surface area is 594 Å². The number of pyridine rings is 2. The third-order valence-corrected chi connectivity index (χ3v) is 17.3. The van der Waals surface area contributed by atoms with Gasteiger partial charge in [-0.15, -0.1) is 0 Å². The third-order valence-electron chi connectivity index (χ3n) is 17.3. The van der Waals surface area contributed by atoms with Crippen LogP contribution in [0.1, 0.15) is 126 Å². The molecule has 0 radical (unpaired) electrons. The second kappa shape index (κ2) is 36.8. The van der Waals surface area contributed by atoms with Gasteiger partial charge in [0.1, 0.15) is 5.82 Å². The van der Waals surface area contributed by atoms with E-state index in [9.17, 15) is 0 Å². The number of benzene rings is 11. The molecule has 1 aliphatic rings. The molecule has 15 rings (SSSR count). The Kier molecular flexibility index (Phi) is 28.2. The number of fused-ring (bicyclic) bond motifs is 9. The lowest BCUT2D eigenvalue weighted by Crippen LogP contribution is -2.14. The molecule has 99 heavy (non-hydrogen) atoms. The van der Waals surface area contributed by atoms with Crippen LogP contribution in [0.15, 0.2) is 268 Å². The summed E-state index contributed by atoms with van der Waals surface area (Å²) in [5.41, 5.74) is 30.4. The summed E-state index contributed by atoms with van der Waals surface area (Å²) in [4.78, 5) is 16.0. The lowest BCUT2D eigenvalue weighted by atomic mass is 9.82. The van der Waals surface area contributed by atoms with Crippen LogP contribution >= 0.6 is 0 Å². The first-order chi connectivity index (χ1) is 47.2. The van der Waals surface area contributed by atoms with Gasteiger partial charge in [0.15, 0.2) is 0 Å². The molecule has 4 heteroatoms. The first-order valence-electron chi connectivity index (χ1n) is 34.5. The van der Waals surface area contributed by atoms with Crippen LogP contribution in [0.2, 0.25) is 0 Å². The Bertz CT molecular complexity index is 4480. The lowest BCUT2D eigenvalue weighted by molar-refractivity contribution is 0.660. The molecule has 0 saturated carbocycles. The minimum Gasteiger partial charge on any atom is -0.264 e. The van der Waals surface area contributed by atoms with Crippen molar-refractivity contribution in [3.63, 3.8) is 0 Å². The first kappa shape index (κ1) is 76.0. The van der Waals surface area contributed by atoms with Crippen molar-refractivity contribution in [1.82, 2.24) is 19.9 Å². The normalized spacial score (nSPS) is 10.9. The highest BCUT2D eigenvalue weighted by atomic mass is 14.8. The number of rotatable bonds is 1. The maximum Gasteiger partial charge on any atom is 0.125 e. The van der Waals surface area contributed by atoms with E-state index in [1.807, 2.05) is 78.6 Å². The number of aromatic nitrogens is 4. The van der Waals surface area contributed by atoms with Crippen LogP contribution in [-0.4, -0.2) is 19.9 Å². The molecule has 4 nitrogen and oxygen atoms in total. The minimum atomic E-state index is 0.145. The molecule has 0 atom stereocenters. The minimum absolute atomic E-state index is 0.145. The highest BCUT2D eigenvalue weighted by Gasteiger charge is 2.35. The van der Waals surface area contributed by atoms with Crippen molar-refractivity contribution in [2.24, 2.45) is 0 Å². The zero-order valence-corrected chi connectivity index (χ0v) is 62.7. The standard InChI is InChI=1S/C20H16.C17H18.C14H14.3C8H10.2C7H9N.C6H8N2/c1-13-7-9-17-15-5-3-4-6-16(15)19-11-14(2)8-10-18(19)20(17)12-13;1-11-5-7-15-13(9-11)14-10-12(2)6-8-16(14)17(15,3)4;1-11-5-3-7-13(9-11)14-8-4-6-12(2)10-14;1-7-3-5-8(2)6-4-7;1-7-4-3-5-8(2)6-7;1-7-5-3-4-6-8(7)2;1-6-3-7(2)5-8-4-6;1-6-3-4-7(2)8-5-6;1-5-3-7-6(2)8-4-5/h3-12H,1-2H3;5-10H,1-4H3;3-10H,1-2H3;3*3-6H,1-2H3;2*3-5H,1-2H3;3-4H,1-2H3. The van der Waals surface area contributed by atoms with Gasteiger partial charge in [-0.05, 0) is 230 Å². The van der Waals surface area contributed by atoms with Gasteiger partial charge in [-0.2, -0.15) is 0 Å². The molecule has 0 N–H and O–H groups in total.